The first-order chi connectivity index (χ1) is 7.54. The van der Waals surface area contributed by atoms with Crippen LogP contribution in [-0.4, -0.2) is 11.8 Å². The number of Topliss-reactive ketones (excluding diaryl/α,β-unsaturated/α-hetero) is 1. The zero-order valence-electron chi connectivity index (χ0n) is 10.6. The fraction of sp³-hybridized carbons (Fsp3) is 0.500. The molecule has 2 heteroatoms. The Balaban J connectivity index is 2.71. The highest BCUT2D eigenvalue weighted by atomic mass is 16.1. The summed E-state index contributed by atoms with van der Waals surface area (Å²) in [5.74, 6) is 0.722. The first-order valence-electron chi connectivity index (χ1n) is 5.92. The fourth-order valence-electron chi connectivity index (χ4n) is 1.76. The Bertz CT molecular complexity index is 340. The van der Waals surface area contributed by atoms with Crippen molar-refractivity contribution >= 4 is 11.5 Å². The average molecular weight is 219 g/mol. The van der Waals surface area contributed by atoms with Gasteiger partial charge in [0.25, 0.3) is 0 Å². The molecule has 1 unspecified atom stereocenters. The Labute approximate surface area is 98.1 Å². The molecule has 0 saturated heterocycles. The maximum atomic E-state index is 11.1. The van der Waals surface area contributed by atoms with E-state index in [4.69, 9.17) is 0 Å². The highest BCUT2D eigenvalue weighted by molar-refractivity contribution is 5.94. The van der Waals surface area contributed by atoms with Gasteiger partial charge in [0.1, 0.15) is 0 Å². The van der Waals surface area contributed by atoms with E-state index in [1.807, 2.05) is 24.3 Å². The molecule has 88 valence electrons. The molecule has 0 heterocycles. The van der Waals surface area contributed by atoms with E-state index < -0.39 is 0 Å². The lowest BCUT2D eigenvalue weighted by Crippen LogP contribution is -2.24. The molecular formula is C14H21NO. The number of hydrogen-bond acceptors (Lipinski definition) is 2. The molecule has 0 amide bonds. The van der Waals surface area contributed by atoms with Gasteiger partial charge < -0.3 is 5.32 Å². The summed E-state index contributed by atoms with van der Waals surface area (Å²) in [6.07, 6.45) is 1.10. The van der Waals surface area contributed by atoms with Crippen molar-refractivity contribution in [1.82, 2.24) is 0 Å². The standard InChI is InChI=1S/C14H21NO/c1-5-14(10(2)3)15-13-8-6-12(7-9-13)11(4)16/h6-10,14-15H,5H2,1-4H3. The van der Waals surface area contributed by atoms with Gasteiger partial charge in [-0.3, -0.25) is 4.79 Å². The third kappa shape index (κ3) is 3.37. The van der Waals surface area contributed by atoms with E-state index in [1.54, 1.807) is 6.92 Å². The molecule has 1 aromatic rings. The number of nitrogens with one attached hydrogen (secondary N) is 1. The Morgan fingerprint density at radius 2 is 1.81 bits per heavy atom. The third-order valence-corrected chi connectivity index (χ3v) is 2.89. The van der Waals surface area contributed by atoms with Crippen LogP contribution < -0.4 is 5.32 Å². The van der Waals surface area contributed by atoms with E-state index in [2.05, 4.69) is 26.1 Å². The summed E-state index contributed by atoms with van der Waals surface area (Å²) < 4.78 is 0. The summed E-state index contributed by atoms with van der Waals surface area (Å²) in [6.45, 7) is 8.20. The van der Waals surface area contributed by atoms with Crippen molar-refractivity contribution in [2.24, 2.45) is 5.92 Å². The Morgan fingerprint density at radius 1 is 1.25 bits per heavy atom. The number of hydrogen-bond donors (Lipinski definition) is 1. The molecule has 0 spiro atoms. The highest BCUT2D eigenvalue weighted by Gasteiger charge is 2.10. The number of ketones is 1. The van der Waals surface area contributed by atoms with Gasteiger partial charge in [0, 0.05) is 17.3 Å². The van der Waals surface area contributed by atoms with Gasteiger partial charge in [-0.2, -0.15) is 0 Å². The van der Waals surface area contributed by atoms with Crippen molar-refractivity contribution in [1.29, 1.82) is 0 Å². The summed E-state index contributed by atoms with van der Waals surface area (Å²) in [5.41, 5.74) is 1.86. The molecule has 0 aromatic heterocycles. The number of carbonyl (C=O) groups excluding carboxylic acids is 1. The second kappa shape index (κ2) is 5.69. The van der Waals surface area contributed by atoms with Crippen LogP contribution in [0, 0.1) is 5.92 Å². The maximum absolute atomic E-state index is 11.1. The second-order valence-corrected chi connectivity index (χ2v) is 4.54. The van der Waals surface area contributed by atoms with E-state index in [9.17, 15) is 4.79 Å². The minimum absolute atomic E-state index is 0.113. The number of rotatable bonds is 5. The third-order valence-electron chi connectivity index (χ3n) is 2.89. The normalized spacial score (nSPS) is 12.6. The predicted octanol–water partition coefficient (Wildman–Crippen LogP) is 3.74. The van der Waals surface area contributed by atoms with Crippen LogP contribution >= 0.6 is 0 Å². The van der Waals surface area contributed by atoms with E-state index in [0.29, 0.717) is 12.0 Å². The van der Waals surface area contributed by atoms with Gasteiger partial charge in [-0.1, -0.05) is 20.8 Å². The molecule has 0 aliphatic heterocycles. The van der Waals surface area contributed by atoms with E-state index >= 15 is 0 Å². The Hall–Kier alpha value is -1.31. The number of anilines is 1. The van der Waals surface area contributed by atoms with Crippen LogP contribution in [0.1, 0.15) is 44.5 Å². The van der Waals surface area contributed by atoms with Crippen molar-refractivity contribution in [2.75, 3.05) is 5.32 Å². The lowest BCUT2D eigenvalue weighted by Gasteiger charge is -2.22. The smallest absolute Gasteiger partial charge is 0.159 e. The van der Waals surface area contributed by atoms with Crippen molar-refractivity contribution in [3.8, 4) is 0 Å². The second-order valence-electron chi connectivity index (χ2n) is 4.54. The topological polar surface area (TPSA) is 29.1 Å². The largest absolute Gasteiger partial charge is 0.382 e. The molecule has 0 fully saturated rings. The summed E-state index contributed by atoms with van der Waals surface area (Å²) >= 11 is 0. The minimum atomic E-state index is 0.113. The summed E-state index contributed by atoms with van der Waals surface area (Å²) in [6, 6.07) is 8.18. The molecule has 0 saturated carbocycles. The first-order valence-corrected chi connectivity index (χ1v) is 5.92. The van der Waals surface area contributed by atoms with Crippen LogP contribution in [0.4, 0.5) is 5.69 Å². The quantitative estimate of drug-likeness (QED) is 0.764. The molecule has 0 aliphatic carbocycles. The maximum Gasteiger partial charge on any atom is 0.159 e. The van der Waals surface area contributed by atoms with Crippen LogP contribution in [-0.2, 0) is 0 Å². The Kier molecular flexibility index (Phi) is 4.53. The zero-order valence-corrected chi connectivity index (χ0v) is 10.6. The summed E-state index contributed by atoms with van der Waals surface area (Å²) in [4.78, 5) is 11.1. The van der Waals surface area contributed by atoms with Crippen LogP contribution in [0.5, 0.6) is 0 Å². The number of carbonyl (C=O) groups is 1. The Morgan fingerprint density at radius 3 is 2.19 bits per heavy atom. The molecule has 1 rings (SSSR count). The molecule has 16 heavy (non-hydrogen) atoms. The zero-order chi connectivity index (χ0) is 12.1. The molecule has 0 bridgehead atoms. The lowest BCUT2D eigenvalue weighted by atomic mass is 10.0. The van der Waals surface area contributed by atoms with Crippen molar-refractivity contribution < 1.29 is 4.79 Å². The van der Waals surface area contributed by atoms with E-state index in [0.717, 1.165) is 17.7 Å². The van der Waals surface area contributed by atoms with Crippen LogP contribution in [0.3, 0.4) is 0 Å². The van der Waals surface area contributed by atoms with Gasteiger partial charge in [0.2, 0.25) is 0 Å². The van der Waals surface area contributed by atoms with Crippen molar-refractivity contribution in [3.05, 3.63) is 29.8 Å². The van der Waals surface area contributed by atoms with E-state index in [1.165, 1.54) is 0 Å². The summed E-state index contributed by atoms with van der Waals surface area (Å²) in [7, 11) is 0. The van der Waals surface area contributed by atoms with Crippen LogP contribution in [0.25, 0.3) is 0 Å². The van der Waals surface area contributed by atoms with Gasteiger partial charge in [-0.25, -0.2) is 0 Å². The van der Waals surface area contributed by atoms with Gasteiger partial charge in [-0.15, -0.1) is 0 Å². The van der Waals surface area contributed by atoms with Gasteiger partial charge in [0.05, 0.1) is 0 Å². The fourth-order valence-corrected chi connectivity index (χ4v) is 1.76. The van der Waals surface area contributed by atoms with Crippen LogP contribution in [0.15, 0.2) is 24.3 Å². The monoisotopic (exact) mass is 219 g/mol. The minimum Gasteiger partial charge on any atom is -0.382 e. The molecule has 0 radical (unpaired) electrons. The van der Waals surface area contributed by atoms with Crippen molar-refractivity contribution in [2.45, 2.75) is 40.2 Å². The predicted molar refractivity (Wildman–Crippen MR) is 69.0 cm³/mol. The molecular weight excluding hydrogens is 198 g/mol. The molecule has 2 nitrogen and oxygen atoms in total. The average Bonchev–Trinajstić information content (AvgIpc) is 2.26. The van der Waals surface area contributed by atoms with E-state index in [-0.39, 0.29) is 5.78 Å². The SMILES string of the molecule is CCC(Nc1ccc(C(C)=O)cc1)C(C)C. The summed E-state index contributed by atoms with van der Waals surface area (Å²) in [5, 5.41) is 3.48. The molecule has 1 N–H and O–H groups in total. The number of benzene rings is 1. The van der Waals surface area contributed by atoms with Gasteiger partial charge >= 0.3 is 0 Å². The van der Waals surface area contributed by atoms with Gasteiger partial charge in [-0.05, 0) is 43.5 Å². The molecule has 1 aromatic carbocycles. The van der Waals surface area contributed by atoms with Crippen molar-refractivity contribution in [3.63, 3.8) is 0 Å². The molecule has 0 aliphatic rings. The molecule has 1 atom stereocenters. The van der Waals surface area contributed by atoms with Gasteiger partial charge in [0.15, 0.2) is 5.78 Å². The highest BCUT2D eigenvalue weighted by Crippen LogP contribution is 2.16. The first kappa shape index (κ1) is 12.8. The van der Waals surface area contributed by atoms with Crippen LogP contribution in [0.2, 0.25) is 0 Å². The lowest BCUT2D eigenvalue weighted by molar-refractivity contribution is 0.101.